The first-order valence-electron chi connectivity index (χ1n) is 11.9. The Bertz CT molecular complexity index is 1420. The van der Waals surface area contributed by atoms with E-state index >= 15 is 0 Å². The van der Waals surface area contributed by atoms with Crippen LogP contribution in [0.15, 0.2) is 65.1 Å². The topological polar surface area (TPSA) is 72.6 Å². The van der Waals surface area contributed by atoms with Gasteiger partial charge in [0, 0.05) is 12.0 Å². The molecule has 36 heavy (non-hydrogen) atoms. The van der Waals surface area contributed by atoms with E-state index < -0.39 is 11.8 Å². The summed E-state index contributed by atoms with van der Waals surface area (Å²) in [6.45, 7) is 2.28. The van der Waals surface area contributed by atoms with E-state index in [-0.39, 0.29) is 17.4 Å². The molecule has 7 heteroatoms. The molecule has 0 bridgehead atoms. The molecule has 0 saturated carbocycles. The van der Waals surface area contributed by atoms with Gasteiger partial charge in [0.25, 0.3) is 0 Å². The number of nitrogens with zero attached hydrogens (tertiary/aromatic N) is 1. The Labute approximate surface area is 213 Å². The van der Waals surface area contributed by atoms with Crippen molar-refractivity contribution in [2.45, 2.75) is 38.5 Å². The van der Waals surface area contributed by atoms with Crippen LogP contribution < -0.4 is 4.74 Å². The Hall–Kier alpha value is -3.64. The number of oxazole rings is 1. The lowest BCUT2D eigenvalue weighted by Gasteiger charge is -2.17. The van der Waals surface area contributed by atoms with Crippen LogP contribution in [0.2, 0.25) is 5.02 Å². The number of hydrogen-bond donors (Lipinski definition) is 1. The molecule has 1 atom stereocenters. The SMILES string of the molecule is Cc1oc(-c2ccccc2)nc1CCOc1cc2c(c(-c3ccc(F)c(Cl)c3)c1)C(CC(=O)O)CC2. The van der Waals surface area contributed by atoms with Crippen LogP contribution in [0.4, 0.5) is 4.39 Å². The van der Waals surface area contributed by atoms with Crippen LogP contribution in [0.3, 0.4) is 0 Å². The fourth-order valence-electron chi connectivity index (χ4n) is 4.88. The summed E-state index contributed by atoms with van der Waals surface area (Å²) in [5.41, 5.74) is 5.36. The largest absolute Gasteiger partial charge is 0.493 e. The van der Waals surface area contributed by atoms with Gasteiger partial charge in [0.05, 0.1) is 23.7 Å². The summed E-state index contributed by atoms with van der Waals surface area (Å²) in [4.78, 5) is 16.1. The molecule has 5 nitrogen and oxygen atoms in total. The van der Waals surface area contributed by atoms with E-state index in [4.69, 9.17) is 20.8 Å². The molecule has 3 aromatic carbocycles. The summed E-state index contributed by atoms with van der Waals surface area (Å²) in [6.07, 6.45) is 2.12. The van der Waals surface area contributed by atoms with Gasteiger partial charge in [-0.1, -0.05) is 35.9 Å². The average molecular weight is 506 g/mol. The van der Waals surface area contributed by atoms with Crippen molar-refractivity contribution < 1.29 is 23.4 Å². The van der Waals surface area contributed by atoms with Crippen molar-refractivity contribution >= 4 is 17.6 Å². The van der Waals surface area contributed by atoms with Crippen LogP contribution in [0.5, 0.6) is 5.75 Å². The molecule has 184 valence electrons. The molecule has 5 rings (SSSR count). The number of aromatic nitrogens is 1. The second-order valence-electron chi connectivity index (χ2n) is 8.99. The second kappa shape index (κ2) is 10.2. The van der Waals surface area contributed by atoms with Crippen molar-refractivity contribution in [2.75, 3.05) is 6.61 Å². The number of hydrogen-bond acceptors (Lipinski definition) is 4. The molecular weight excluding hydrogens is 481 g/mol. The molecule has 1 N–H and O–H groups in total. The molecule has 1 aromatic heterocycles. The number of carbonyl (C=O) groups is 1. The van der Waals surface area contributed by atoms with Crippen LogP contribution in [-0.4, -0.2) is 22.7 Å². The minimum Gasteiger partial charge on any atom is -0.493 e. The molecule has 1 unspecified atom stereocenters. The van der Waals surface area contributed by atoms with Crippen LogP contribution in [0.1, 0.15) is 41.3 Å². The Morgan fingerprint density at radius 2 is 1.97 bits per heavy atom. The third-order valence-electron chi connectivity index (χ3n) is 6.58. The first kappa shape index (κ1) is 24.1. The van der Waals surface area contributed by atoms with Gasteiger partial charge in [0.1, 0.15) is 17.3 Å². The predicted molar refractivity (Wildman–Crippen MR) is 136 cm³/mol. The molecule has 4 aromatic rings. The summed E-state index contributed by atoms with van der Waals surface area (Å²) in [6, 6.07) is 18.2. The highest BCUT2D eigenvalue weighted by molar-refractivity contribution is 6.31. The number of fused-ring (bicyclic) bond motifs is 1. The molecular formula is C29H25ClFNO4. The Morgan fingerprint density at radius 3 is 2.72 bits per heavy atom. The van der Waals surface area contributed by atoms with Gasteiger partial charge in [-0.05, 0) is 84.3 Å². The van der Waals surface area contributed by atoms with Gasteiger partial charge in [-0.2, -0.15) is 0 Å². The summed E-state index contributed by atoms with van der Waals surface area (Å²) in [5, 5.41) is 9.43. The fraction of sp³-hybridized carbons (Fsp3) is 0.241. The minimum absolute atomic E-state index is 0.0241. The zero-order valence-electron chi connectivity index (χ0n) is 19.8. The third-order valence-corrected chi connectivity index (χ3v) is 6.87. The van der Waals surface area contributed by atoms with Crippen molar-refractivity contribution in [3.8, 4) is 28.3 Å². The van der Waals surface area contributed by atoms with E-state index in [1.165, 1.54) is 6.07 Å². The lowest BCUT2D eigenvalue weighted by Crippen LogP contribution is -2.06. The molecule has 1 aliphatic carbocycles. The van der Waals surface area contributed by atoms with Crippen LogP contribution in [0, 0.1) is 12.7 Å². The number of aryl methyl sites for hydroxylation is 2. The third kappa shape index (κ3) is 5.00. The number of halogens is 2. The lowest BCUT2D eigenvalue weighted by molar-refractivity contribution is -0.137. The van der Waals surface area contributed by atoms with E-state index in [2.05, 4.69) is 4.98 Å². The normalized spacial score (nSPS) is 14.6. The molecule has 1 aliphatic rings. The predicted octanol–water partition coefficient (Wildman–Crippen LogP) is 7.24. The standard InChI is InChI=1S/C29H25ClFNO4/c1-17-26(32-29(36-17)18-5-3-2-4-6-18)11-12-35-22-13-20-7-8-21(15-27(33)34)28(20)23(16-22)19-9-10-25(31)24(30)14-19/h2-6,9-10,13-14,16,21H,7-8,11-12,15H2,1H3,(H,33,34). The minimum atomic E-state index is -0.839. The first-order chi connectivity index (χ1) is 17.4. The second-order valence-corrected chi connectivity index (χ2v) is 9.40. The highest BCUT2D eigenvalue weighted by atomic mass is 35.5. The zero-order valence-corrected chi connectivity index (χ0v) is 20.5. The van der Waals surface area contributed by atoms with Gasteiger partial charge in [0.15, 0.2) is 0 Å². The van der Waals surface area contributed by atoms with E-state index in [1.54, 1.807) is 12.1 Å². The van der Waals surface area contributed by atoms with Crippen molar-refractivity contribution in [2.24, 2.45) is 0 Å². The molecule has 1 heterocycles. The molecule has 0 saturated heterocycles. The summed E-state index contributed by atoms with van der Waals surface area (Å²) < 4.78 is 25.8. The molecule has 0 amide bonds. The summed E-state index contributed by atoms with van der Waals surface area (Å²) >= 11 is 6.07. The van der Waals surface area contributed by atoms with Gasteiger partial charge in [-0.25, -0.2) is 9.37 Å². The van der Waals surface area contributed by atoms with Crippen molar-refractivity contribution in [1.82, 2.24) is 4.98 Å². The van der Waals surface area contributed by atoms with Gasteiger partial charge in [-0.15, -0.1) is 0 Å². The number of aliphatic carboxylic acids is 1. The number of carboxylic acids is 1. The fourth-order valence-corrected chi connectivity index (χ4v) is 5.06. The lowest BCUT2D eigenvalue weighted by atomic mass is 9.89. The number of ether oxygens (including phenoxy) is 1. The van der Waals surface area contributed by atoms with E-state index in [1.807, 2.05) is 49.4 Å². The molecule has 0 fully saturated rings. The maximum absolute atomic E-state index is 13.8. The van der Waals surface area contributed by atoms with E-state index in [0.717, 1.165) is 52.1 Å². The van der Waals surface area contributed by atoms with E-state index in [9.17, 15) is 14.3 Å². The Morgan fingerprint density at radius 1 is 1.17 bits per heavy atom. The maximum Gasteiger partial charge on any atom is 0.303 e. The maximum atomic E-state index is 13.8. The van der Waals surface area contributed by atoms with Gasteiger partial charge in [-0.3, -0.25) is 4.79 Å². The average Bonchev–Trinajstić information content (AvgIpc) is 3.44. The Balaban J connectivity index is 1.39. The van der Waals surface area contributed by atoms with Gasteiger partial charge < -0.3 is 14.3 Å². The number of rotatable bonds is 8. The van der Waals surface area contributed by atoms with Crippen molar-refractivity contribution in [3.05, 3.63) is 94.1 Å². The molecule has 0 radical (unpaired) electrons. The monoisotopic (exact) mass is 505 g/mol. The highest BCUT2D eigenvalue weighted by Crippen LogP contribution is 2.44. The van der Waals surface area contributed by atoms with Crippen molar-refractivity contribution in [1.29, 1.82) is 0 Å². The molecule has 0 aliphatic heterocycles. The summed E-state index contributed by atoms with van der Waals surface area (Å²) in [7, 11) is 0. The molecule has 0 spiro atoms. The van der Waals surface area contributed by atoms with Crippen LogP contribution >= 0.6 is 11.6 Å². The number of carboxylic acid groups (broad SMARTS) is 1. The highest BCUT2D eigenvalue weighted by Gasteiger charge is 2.29. The zero-order chi connectivity index (χ0) is 25.2. The van der Waals surface area contributed by atoms with Crippen molar-refractivity contribution in [3.63, 3.8) is 0 Å². The summed E-state index contributed by atoms with van der Waals surface area (Å²) in [5.74, 6) is 0.563. The quantitative estimate of drug-likeness (QED) is 0.273. The smallest absolute Gasteiger partial charge is 0.303 e. The van der Waals surface area contributed by atoms with Crippen LogP contribution in [0.25, 0.3) is 22.6 Å². The van der Waals surface area contributed by atoms with Crippen LogP contribution in [-0.2, 0) is 17.6 Å². The van der Waals surface area contributed by atoms with Gasteiger partial charge >= 0.3 is 5.97 Å². The van der Waals surface area contributed by atoms with Gasteiger partial charge in [0.2, 0.25) is 5.89 Å². The van der Waals surface area contributed by atoms with E-state index in [0.29, 0.717) is 24.7 Å². The Kier molecular flexibility index (Phi) is 6.79. The first-order valence-corrected chi connectivity index (χ1v) is 12.3. The number of benzene rings is 3.